The van der Waals surface area contributed by atoms with Crippen molar-refractivity contribution in [2.24, 2.45) is 4.99 Å². The van der Waals surface area contributed by atoms with Crippen LogP contribution in [-0.2, 0) is 0 Å². The molecule has 0 amide bonds. The van der Waals surface area contributed by atoms with E-state index >= 15 is 0 Å². The molecule has 0 radical (unpaired) electrons. The molecule has 0 saturated carbocycles. The number of rotatable bonds is 1. The molecule has 9 heavy (non-hydrogen) atoms. The van der Waals surface area contributed by atoms with Crippen molar-refractivity contribution >= 4 is 21.6 Å². The van der Waals surface area contributed by atoms with Gasteiger partial charge in [0.05, 0.1) is 5.71 Å². The predicted octanol–water partition coefficient (Wildman–Crippen LogP) is 2.34. The van der Waals surface area contributed by atoms with Gasteiger partial charge in [-0.05, 0) is 29.8 Å². The molecule has 48 valence electrons. The molecule has 0 unspecified atom stereocenters. The SMILES string of the molecule is C#C/N=C(C)\C(Br)=C/C. The second-order valence-corrected chi connectivity index (χ2v) is 2.32. The van der Waals surface area contributed by atoms with Crippen molar-refractivity contribution in [3.63, 3.8) is 0 Å². The van der Waals surface area contributed by atoms with Gasteiger partial charge in [0.15, 0.2) is 0 Å². The van der Waals surface area contributed by atoms with Gasteiger partial charge in [-0.15, -0.1) is 0 Å². The summed E-state index contributed by atoms with van der Waals surface area (Å²) in [4.78, 5) is 3.72. The topological polar surface area (TPSA) is 12.4 Å². The summed E-state index contributed by atoms with van der Waals surface area (Å²) in [6.07, 6.45) is 6.84. The monoisotopic (exact) mass is 185 g/mol. The third-order valence-electron chi connectivity index (χ3n) is 0.831. The Bertz CT molecular complexity index is 184. The number of hydrogen-bond donors (Lipinski definition) is 0. The van der Waals surface area contributed by atoms with Gasteiger partial charge < -0.3 is 0 Å². The molecule has 0 spiro atoms. The Morgan fingerprint density at radius 1 is 1.78 bits per heavy atom. The molecule has 0 aromatic carbocycles. The van der Waals surface area contributed by atoms with Crippen LogP contribution in [0.3, 0.4) is 0 Å². The standard InChI is InChI=1S/C7H8BrN/c1-4-7(8)6(3)9-5-2/h2,4H,1,3H3/b7-4+,9-6-. The van der Waals surface area contributed by atoms with Crippen LogP contribution in [0.1, 0.15) is 13.8 Å². The summed E-state index contributed by atoms with van der Waals surface area (Å²) in [6.45, 7) is 3.77. The number of hydrogen-bond acceptors (Lipinski definition) is 1. The van der Waals surface area contributed by atoms with Crippen molar-refractivity contribution < 1.29 is 0 Å². The van der Waals surface area contributed by atoms with Crippen LogP contribution in [0.25, 0.3) is 0 Å². The minimum atomic E-state index is 0.833. The lowest BCUT2D eigenvalue weighted by atomic mass is 10.4. The first-order valence-corrected chi connectivity index (χ1v) is 3.33. The number of allylic oxidation sites excluding steroid dienone is 2. The van der Waals surface area contributed by atoms with Gasteiger partial charge in [0.2, 0.25) is 0 Å². The molecule has 0 fully saturated rings. The van der Waals surface area contributed by atoms with E-state index in [-0.39, 0.29) is 0 Å². The Labute approximate surface area is 64.0 Å². The van der Waals surface area contributed by atoms with E-state index < -0.39 is 0 Å². The lowest BCUT2D eigenvalue weighted by Gasteiger charge is -1.90. The predicted molar refractivity (Wildman–Crippen MR) is 44.6 cm³/mol. The fourth-order valence-electron chi connectivity index (χ4n) is 0.359. The van der Waals surface area contributed by atoms with Crippen molar-refractivity contribution in [1.82, 2.24) is 0 Å². The Balaban J connectivity index is 4.25. The first-order chi connectivity index (χ1) is 4.22. The zero-order chi connectivity index (χ0) is 7.28. The molecule has 0 bridgehead atoms. The highest BCUT2D eigenvalue weighted by Crippen LogP contribution is 2.05. The van der Waals surface area contributed by atoms with Gasteiger partial charge in [0.1, 0.15) is 0 Å². The summed E-state index contributed by atoms with van der Waals surface area (Å²) in [5.74, 6) is 0. The van der Waals surface area contributed by atoms with Crippen molar-refractivity contribution in [1.29, 1.82) is 0 Å². The lowest BCUT2D eigenvalue weighted by Crippen LogP contribution is -1.87. The van der Waals surface area contributed by atoms with Crippen LogP contribution in [0.4, 0.5) is 0 Å². The number of halogens is 1. The molecule has 0 aliphatic heterocycles. The Kier molecular flexibility index (Phi) is 4.08. The van der Waals surface area contributed by atoms with Gasteiger partial charge in [0, 0.05) is 10.5 Å². The summed E-state index contributed by atoms with van der Waals surface area (Å²) < 4.78 is 0.945. The van der Waals surface area contributed by atoms with Gasteiger partial charge in [-0.1, -0.05) is 12.5 Å². The average molecular weight is 186 g/mol. The van der Waals surface area contributed by atoms with Gasteiger partial charge in [-0.3, -0.25) is 0 Å². The highest BCUT2D eigenvalue weighted by atomic mass is 79.9. The molecule has 0 aliphatic carbocycles. The molecule has 0 N–H and O–H groups in total. The number of nitrogens with zero attached hydrogens (tertiary/aromatic N) is 1. The first kappa shape index (κ1) is 8.45. The maximum absolute atomic E-state index is 4.94. The summed E-state index contributed by atoms with van der Waals surface area (Å²) in [6, 6.07) is 2.20. The maximum Gasteiger partial charge on any atom is 0.0618 e. The Hall–Kier alpha value is -0.550. The lowest BCUT2D eigenvalue weighted by molar-refractivity contribution is 1.61. The van der Waals surface area contributed by atoms with Crippen molar-refractivity contribution in [2.75, 3.05) is 0 Å². The minimum absolute atomic E-state index is 0.833. The van der Waals surface area contributed by atoms with Crippen molar-refractivity contribution in [2.45, 2.75) is 13.8 Å². The van der Waals surface area contributed by atoms with E-state index in [0.717, 1.165) is 10.2 Å². The Morgan fingerprint density at radius 2 is 2.33 bits per heavy atom. The maximum atomic E-state index is 4.94. The van der Waals surface area contributed by atoms with E-state index in [0.29, 0.717) is 0 Å². The molecule has 0 rings (SSSR count). The molecular weight excluding hydrogens is 178 g/mol. The Morgan fingerprint density at radius 3 is 2.67 bits per heavy atom. The molecule has 0 aliphatic rings. The van der Waals surface area contributed by atoms with Crippen LogP contribution in [0.5, 0.6) is 0 Å². The third kappa shape index (κ3) is 3.10. The molecule has 1 nitrogen and oxygen atoms in total. The zero-order valence-electron chi connectivity index (χ0n) is 5.48. The van der Waals surface area contributed by atoms with Crippen LogP contribution >= 0.6 is 15.9 Å². The number of terminal acetylenes is 1. The van der Waals surface area contributed by atoms with Gasteiger partial charge in [-0.25, -0.2) is 4.99 Å². The summed E-state index contributed by atoms with van der Waals surface area (Å²) in [5.41, 5.74) is 0.833. The van der Waals surface area contributed by atoms with Crippen LogP contribution in [0, 0.1) is 12.5 Å². The first-order valence-electron chi connectivity index (χ1n) is 2.54. The largest absolute Gasteiger partial charge is 0.202 e. The number of aliphatic imine (C=N–C) groups is 1. The molecule has 0 aromatic rings. The minimum Gasteiger partial charge on any atom is -0.202 e. The molecule has 0 atom stereocenters. The van der Waals surface area contributed by atoms with E-state index in [4.69, 9.17) is 6.42 Å². The highest BCUT2D eigenvalue weighted by Gasteiger charge is 1.90. The molecular formula is C7H8BrN. The normalized spacial score (nSPS) is 13.1. The van der Waals surface area contributed by atoms with Gasteiger partial charge >= 0.3 is 0 Å². The fourth-order valence-corrected chi connectivity index (χ4v) is 0.448. The third-order valence-corrected chi connectivity index (χ3v) is 1.86. The van der Waals surface area contributed by atoms with Crippen molar-refractivity contribution in [3.8, 4) is 12.5 Å². The zero-order valence-corrected chi connectivity index (χ0v) is 7.07. The average Bonchev–Trinajstić information content (AvgIpc) is 1.87. The van der Waals surface area contributed by atoms with Gasteiger partial charge in [0.25, 0.3) is 0 Å². The van der Waals surface area contributed by atoms with Crippen molar-refractivity contribution in [3.05, 3.63) is 10.6 Å². The highest BCUT2D eigenvalue weighted by molar-refractivity contribution is 9.12. The van der Waals surface area contributed by atoms with Crippen LogP contribution in [-0.4, -0.2) is 5.71 Å². The quantitative estimate of drug-likeness (QED) is 0.440. The molecule has 0 heterocycles. The van der Waals surface area contributed by atoms with E-state index in [1.807, 2.05) is 19.9 Å². The smallest absolute Gasteiger partial charge is 0.0618 e. The van der Waals surface area contributed by atoms with E-state index in [2.05, 4.69) is 27.0 Å². The van der Waals surface area contributed by atoms with E-state index in [9.17, 15) is 0 Å². The second-order valence-electron chi connectivity index (χ2n) is 1.46. The van der Waals surface area contributed by atoms with E-state index in [1.54, 1.807) is 0 Å². The summed E-state index contributed by atoms with van der Waals surface area (Å²) in [5, 5.41) is 0. The molecule has 0 saturated heterocycles. The van der Waals surface area contributed by atoms with Gasteiger partial charge in [-0.2, -0.15) is 0 Å². The molecule has 2 heteroatoms. The summed E-state index contributed by atoms with van der Waals surface area (Å²) >= 11 is 3.28. The van der Waals surface area contributed by atoms with Crippen LogP contribution in [0.15, 0.2) is 15.6 Å². The fraction of sp³-hybridized carbons (Fsp3) is 0.286. The van der Waals surface area contributed by atoms with Crippen LogP contribution < -0.4 is 0 Å². The second kappa shape index (κ2) is 4.34. The molecule has 0 aromatic heterocycles. The summed E-state index contributed by atoms with van der Waals surface area (Å²) in [7, 11) is 0. The van der Waals surface area contributed by atoms with E-state index in [1.165, 1.54) is 0 Å². The van der Waals surface area contributed by atoms with Crippen LogP contribution in [0.2, 0.25) is 0 Å².